The standard InChI is InChI=1S/C15H20O6/c1-2-8-3-4-9-7-20-15(10(9)5-8)14(19)13(18)12(17)11(6-16)21-15/h3-5,11-14,16-19H,2,6-7H2,1H3/t11-,12-,13+,14-,15+/m1/s1. The largest absolute Gasteiger partial charge is 0.394 e. The average molecular weight is 296 g/mol. The molecular formula is C15H20O6. The van der Waals surface area contributed by atoms with Crippen molar-refractivity contribution in [1.82, 2.24) is 0 Å². The summed E-state index contributed by atoms with van der Waals surface area (Å²) in [6.45, 7) is 1.79. The Balaban J connectivity index is 2.06. The van der Waals surface area contributed by atoms with Crippen molar-refractivity contribution >= 4 is 0 Å². The van der Waals surface area contributed by atoms with Crippen molar-refractivity contribution in [2.75, 3.05) is 6.61 Å². The van der Waals surface area contributed by atoms with Gasteiger partial charge in [-0.1, -0.05) is 19.1 Å². The fraction of sp³-hybridized carbons (Fsp3) is 0.600. The van der Waals surface area contributed by atoms with Crippen molar-refractivity contribution in [2.24, 2.45) is 0 Å². The number of hydrogen-bond acceptors (Lipinski definition) is 6. The van der Waals surface area contributed by atoms with E-state index in [-0.39, 0.29) is 6.61 Å². The number of aliphatic hydroxyl groups is 4. The SMILES string of the molecule is CCc1ccc2c(c1)[C@]1(OC2)O[C@H](CO)[C@@H](O)[C@H](O)[C@H]1O. The maximum atomic E-state index is 10.4. The second kappa shape index (κ2) is 5.31. The smallest absolute Gasteiger partial charge is 0.225 e. The van der Waals surface area contributed by atoms with Crippen molar-refractivity contribution < 1.29 is 29.9 Å². The van der Waals surface area contributed by atoms with Gasteiger partial charge >= 0.3 is 0 Å². The Morgan fingerprint density at radius 3 is 2.67 bits per heavy atom. The van der Waals surface area contributed by atoms with Crippen LogP contribution in [0.3, 0.4) is 0 Å². The summed E-state index contributed by atoms with van der Waals surface area (Å²) in [5, 5.41) is 39.6. The molecule has 21 heavy (non-hydrogen) atoms. The summed E-state index contributed by atoms with van der Waals surface area (Å²) in [6, 6.07) is 5.76. The molecule has 3 rings (SSSR count). The minimum absolute atomic E-state index is 0.247. The molecule has 0 unspecified atom stereocenters. The number of fused-ring (bicyclic) bond motifs is 2. The molecule has 0 radical (unpaired) electrons. The van der Waals surface area contributed by atoms with Crippen molar-refractivity contribution in [3.63, 3.8) is 0 Å². The van der Waals surface area contributed by atoms with Gasteiger partial charge in [0.25, 0.3) is 0 Å². The van der Waals surface area contributed by atoms with E-state index < -0.39 is 36.8 Å². The number of aliphatic hydroxyl groups excluding tert-OH is 4. The molecule has 2 aliphatic heterocycles. The predicted octanol–water partition coefficient (Wildman–Crippen LogP) is -0.594. The van der Waals surface area contributed by atoms with Gasteiger partial charge in [0.05, 0.1) is 13.2 Å². The average Bonchev–Trinajstić information content (AvgIpc) is 2.88. The Morgan fingerprint density at radius 2 is 2.00 bits per heavy atom. The maximum absolute atomic E-state index is 10.4. The zero-order chi connectivity index (χ0) is 15.2. The molecular weight excluding hydrogens is 276 g/mol. The van der Waals surface area contributed by atoms with Gasteiger partial charge in [0.1, 0.15) is 24.4 Å². The number of hydrogen-bond donors (Lipinski definition) is 4. The summed E-state index contributed by atoms with van der Waals surface area (Å²) in [4.78, 5) is 0. The van der Waals surface area contributed by atoms with Crippen molar-refractivity contribution in [2.45, 2.75) is 50.2 Å². The highest BCUT2D eigenvalue weighted by Crippen LogP contribution is 2.45. The highest BCUT2D eigenvalue weighted by Gasteiger charge is 2.58. The molecule has 116 valence electrons. The summed E-state index contributed by atoms with van der Waals surface area (Å²) in [5.41, 5.74) is 2.57. The molecule has 1 aromatic rings. The molecule has 1 aromatic carbocycles. The van der Waals surface area contributed by atoms with E-state index in [2.05, 4.69) is 0 Å². The van der Waals surface area contributed by atoms with E-state index in [0.717, 1.165) is 17.5 Å². The van der Waals surface area contributed by atoms with Crippen LogP contribution in [0.4, 0.5) is 0 Å². The third kappa shape index (κ3) is 2.11. The van der Waals surface area contributed by atoms with Crippen LogP contribution >= 0.6 is 0 Å². The molecule has 6 nitrogen and oxygen atoms in total. The van der Waals surface area contributed by atoms with E-state index >= 15 is 0 Å². The van der Waals surface area contributed by atoms with E-state index in [0.29, 0.717) is 5.56 Å². The van der Waals surface area contributed by atoms with Crippen molar-refractivity contribution in [3.8, 4) is 0 Å². The van der Waals surface area contributed by atoms with Gasteiger partial charge in [-0.05, 0) is 23.6 Å². The fourth-order valence-corrected chi connectivity index (χ4v) is 3.04. The summed E-state index contributed by atoms with van der Waals surface area (Å²) in [6.07, 6.45) is -4.44. The quantitative estimate of drug-likeness (QED) is 0.582. The Kier molecular flexibility index (Phi) is 3.77. The first-order chi connectivity index (χ1) is 10.0. The van der Waals surface area contributed by atoms with Crippen LogP contribution in [-0.2, 0) is 28.3 Å². The second-order valence-corrected chi connectivity index (χ2v) is 5.57. The van der Waals surface area contributed by atoms with Gasteiger partial charge in [-0.25, -0.2) is 0 Å². The van der Waals surface area contributed by atoms with Gasteiger partial charge in [-0.15, -0.1) is 0 Å². The zero-order valence-corrected chi connectivity index (χ0v) is 11.8. The van der Waals surface area contributed by atoms with E-state index in [1.54, 1.807) is 0 Å². The number of rotatable bonds is 2. The molecule has 2 aliphatic rings. The molecule has 0 aromatic heterocycles. The second-order valence-electron chi connectivity index (χ2n) is 5.57. The minimum atomic E-state index is -1.54. The van der Waals surface area contributed by atoms with Gasteiger partial charge in [0.15, 0.2) is 0 Å². The van der Waals surface area contributed by atoms with Crippen LogP contribution in [0.5, 0.6) is 0 Å². The predicted molar refractivity (Wildman–Crippen MR) is 72.3 cm³/mol. The van der Waals surface area contributed by atoms with Gasteiger partial charge in [0, 0.05) is 5.56 Å². The first-order valence-electron chi connectivity index (χ1n) is 7.12. The lowest BCUT2D eigenvalue weighted by Crippen LogP contribution is -2.63. The van der Waals surface area contributed by atoms with Gasteiger partial charge < -0.3 is 29.9 Å². The Labute approximate surface area is 122 Å². The molecule has 1 saturated heterocycles. The minimum Gasteiger partial charge on any atom is -0.394 e. The molecule has 1 fully saturated rings. The van der Waals surface area contributed by atoms with Gasteiger partial charge in [0.2, 0.25) is 5.79 Å². The summed E-state index contributed by atoms with van der Waals surface area (Å²) in [7, 11) is 0. The first-order valence-corrected chi connectivity index (χ1v) is 7.12. The van der Waals surface area contributed by atoms with Crippen LogP contribution in [0.15, 0.2) is 18.2 Å². The van der Waals surface area contributed by atoms with E-state index in [9.17, 15) is 20.4 Å². The highest BCUT2D eigenvalue weighted by molar-refractivity contribution is 5.39. The molecule has 0 aliphatic carbocycles. The van der Waals surface area contributed by atoms with Gasteiger partial charge in [-0.3, -0.25) is 0 Å². The molecule has 5 atom stereocenters. The van der Waals surface area contributed by atoms with Crippen LogP contribution in [0.1, 0.15) is 23.6 Å². The Hall–Kier alpha value is -1.02. The van der Waals surface area contributed by atoms with Crippen LogP contribution < -0.4 is 0 Å². The summed E-state index contributed by atoms with van der Waals surface area (Å²) in [5.74, 6) is -1.54. The molecule has 0 bridgehead atoms. The van der Waals surface area contributed by atoms with Gasteiger partial charge in [-0.2, -0.15) is 0 Å². The Bertz CT molecular complexity index is 531. The van der Waals surface area contributed by atoms with Crippen LogP contribution in [-0.4, -0.2) is 51.4 Å². The lowest BCUT2D eigenvalue weighted by atomic mass is 9.87. The monoisotopic (exact) mass is 296 g/mol. The molecule has 0 saturated carbocycles. The lowest BCUT2D eigenvalue weighted by Gasteiger charge is -2.46. The number of ether oxygens (including phenoxy) is 2. The first kappa shape index (κ1) is 14.9. The van der Waals surface area contributed by atoms with Crippen LogP contribution in [0, 0.1) is 0 Å². The maximum Gasteiger partial charge on any atom is 0.225 e. The fourth-order valence-electron chi connectivity index (χ4n) is 3.04. The van der Waals surface area contributed by atoms with E-state index in [1.807, 2.05) is 25.1 Å². The molecule has 1 spiro atoms. The van der Waals surface area contributed by atoms with Crippen molar-refractivity contribution in [3.05, 3.63) is 34.9 Å². The van der Waals surface area contributed by atoms with E-state index in [4.69, 9.17) is 9.47 Å². The van der Waals surface area contributed by atoms with Crippen LogP contribution in [0.25, 0.3) is 0 Å². The molecule has 6 heteroatoms. The lowest BCUT2D eigenvalue weighted by molar-refractivity contribution is -0.368. The van der Waals surface area contributed by atoms with Crippen LogP contribution in [0.2, 0.25) is 0 Å². The number of benzene rings is 1. The molecule has 4 N–H and O–H groups in total. The highest BCUT2D eigenvalue weighted by atomic mass is 16.7. The third-order valence-electron chi connectivity index (χ3n) is 4.35. The normalized spacial score (nSPS) is 38.7. The molecule has 2 heterocycles. The Morgan fingerprint density at radius 1 is 1.24 bits per heavy atom. The molecule has 0 amide bonds. The summed E-state index contributed by atoms with van der Waals surface area (Å²) < 4.78 is 11.3. The third-order valence-corrected chi connectivity index (χ3v) is 4.35. The zero-order valence-electron chi connectivity index (χ0n) is 11.8. The summed E-state index contributed by atoms with van der Waals surface area (Å²) >= 11 is 0. The topological polar surface area (TPSA) is 99.4 Å². The number of aryl methyl sites for hydroxylation is 1. The van der Waals surface area contributed by atoms with E-state index in [1.165, 1.54) is 0 Å². The van der Waals surface area contributed by atoms with Crippen molar-refractivity contribution in [1.29, 1.82) is 0 Å².